The van der Waals surface area contributed by atoms with E-state index in [1.54, 1.807) is 0 Å². The van der Waals surface area contributed by atoms with Crippen molar-refractivity contribution in [3.63, 3.8) is 0 Å². The number of hydrogen-bond donors (Lipinski definition) is 2. The average Bonchev–Trinajstić information content (AvgIpc) is 2.43. The highest BCUT2D eigenvalue weighted by Gasteiger charge is 2.13. The van der Waals surface area contributed by atoms with Crippen LogP contribution >= 0.6 is 0 Å². The van der Waals surface area contributed by atoms with E-state index in [0.717, 1.165) is 23.6 Å². The van der Waals surface area contributed by atoms with E-state index in [-0.39, 0.29) is 5.97 Å². The summed E-state index contributed by atoms with van der Waals surface area (Å²) in [5.41, 5.74) is 1.06. The molecular weight excluding hydrogens is 256 g/mol. The van der Waals surface area contributed by atoms with Crippen molar-refractivity contribution in [1.82, 2.24) is 9.97 Å². The van der Waals surface area contributed by atoms with Crippen LogP contribution < -0.4 is 10.6 Å². The normalized spacial score (nSPS) is 10.4. The van der Waals surface area contributed by atoms with Gasteiger partial charge in [-0.2, -0.15) is 0 Å². The minimum Gasteiger partial charge on any atom is -0.466 e. The maximum Gasteiger partial charge on any atom is 0.305 e. The summed E-state index contributed by atoms with van der Waals surface area (Å²) in [6.07, 6.45) is 2.67. The number of aromatic nitrogens is 2. The van der Waals surface area contributed by atoms with Crippen molar-refractivity contribution in [3.8, 4) is 0 Å². The van der Waals surface area contributed by atoms with Crippen molar-refractivity contribution >= 4 is 17.6 Å². The summed E-state index contributed by atoms with van der Waals surface area (Å²) < 4.78 is 4.89. The number of anilines is 2. The largest absolute Gasteiger partial charge is 0.466 e. The lowest BCUT2D eigenvalue weighted by atomic mass is 10.0. The van der Waals surface area contributed by atoms with Crippen LogP contribution in [0.2, 0.25) is 0 Å². The second-order valence-corrected chi connectivity index (χ2v) is 4.72. The molecule has 1 aromatic heterocycles. The van der Waals surface area contributed by atoms with E-state index >= 15 is 0 Å². The Balaban J connectivity index is 2.57. The van der Waals surface area contributed by atoms with Crippen LogP contribution in [0, 0.1) is 0 Å². The summed E-state index contributed by atoms with van der Waals surface area (Å²) in [6.45, 7) is 7.12. The number of nitrogens with one attached hydrogen (secondary N) is 2. The highest BCUT2D eigenvalue weighted by Crippen LogP contribution is 2.27. The molecule has 1 heterocycles. The van der Waals surface area contributed by atoms with Gasteiger partial charge >= 0.3 is 5.97 Å². The molecular formula is C14H24N4O2. The zero-order valence-electron chi connectivity index (χ0n) is 12.7. The monoisotopic (exact) mass is 280 g/mol. The number of esters is 1. The molecule has 0 bridgehead atoms. The van der Waals surface area contributed by atoms with Crippen molar-refractivity contribution in [2.24, 2.45) is 0 Å². The Morgan fingerprint density at radius 1 is 1.35 bits per heavy atom. The van der Waals surface area contributed by atoms with Crippen molar-refractivity contribution < 1.29 is 9.53 Å². The van der Waals surface area contributed by atoms with Crippen LogP contribution in [0.15, 0.2) is 6.33 Å². The van der Waals surface area contributed by atoms with Crippen molar-refractivity contribution in [2.45, 2.75) is 39.5 Å². The number of rotatable bonds is 8. The molecule has 0 aromatic carbocycles. The third-order valence-corrected chi connectivity index (χ3v) is 2.85. The number of carbonyl (C=O) groups excluding carboxylic acids is 1. The summed E-state index contributed by atoms with van der Waals surface area (Å²) in [4.78, 5) is 19.8. The molecule has 0 saturated heterocycles. The zero-order valence-corrected chi connectivity index (χ0v) is 12.7. The fourth-order valence-electron chi connectivity index (χ4n) is 1.96. The van der Waals surface area contributed by atoms with Crippen LogP contribution in [0.3, 0.4) is 0 Å². The zero-order chi connectivity index (χ0) is 15.0. The highest BCUT2D eigenvalue weighted by molar-refractivity contribution is 5.69. The molecule has 0 unspecified atom stereocenters. The first kappa shape index (κ1) is 16.2. The van der Waals surface area contributed by atoms with Gasteiger partial charge in [-0.05, 0) is 19.3 Å². The van der Waals surface area contributed by atoms with Gasteiger partial charge in [0.05, 0.1) is 6.61 Å². The van der Waals surface area contributed by atoms with E-state index in [1.165, 1.54) is 6.33 Å². The lowest BCUT2D eigenvalue weighted by Crippen LogP contribution is -2.12. The van der Waals surface area contributed by atoms with Crippen LogP contribution in [0.25, 0.3) is 0 Å². The van der Waals surface area contributed by atoms with E-state index in [2.05, 4.69) is 34.4 Å². The van der Waals surface area contributed by atoms with Gasteiger partial charge in [-0.3, -0.25) is 4.79 Å². The molecule has 0 radical (unpaired) electrons. The molecule has 0 aliphatic carbocycles. The molecule has 0 atom stereocenters. The Labute approximate surface area is 120 Å². The van der Waals surface area contributed by atoms with Gasteiger partial charge in [0.1, 0.15) is 18.0 Å². The molecule has 0 amide bonds. The molecule has 0 spiro atoms. The Hall–Kier alpha value is -1.85. The second kappa shape index (κ2) is 8.35. The predicted molar refractivity (Wildman–Crippen MR) is 80.0 cm³/mol. The third kappa shape index (κ3) is 4.68. The van der Waals surface area contributed by atoms with E-state index < -0.39 is 0 Å². The van der Waals surface area contributed by atoms with Gasteiger partial charge in [-0.25, -0.2) is 9.97 Å². The molecule has 1 rings (SSSR count). The fourth-order valence-corrected chi connectivity index (χ4v) is 1.96. The van der Waals surface area contributed by atoms with Crippen LogP contribution in [0.1, 0.15) is 45.1 Å². The SMILES string of the molecule is CCOC(=O)CCCNc1ncnc(NC)c1C(C)C. The number of ether oxygens (including phenoxy) is 1. The lowest BCUT2D eigenvalue weighted by molar-refractivity contribution is -0.143. The molecule has 0 saturated carbocycles. The summed E-state index contributed by atoms with van der Waals surface area (Å²) in [5.74, 6) is 1.81. The molecule has 0 aliphatic heterocycles. The number of hydrogen-bond acceptors (Lipinski definition) is 6. The molecule has 0 fully saturated rings. The number of carbonyl (C=O) groups is 1. The number of nitrogens with zero attached hydrogens (tertiary/aromatic N) is 2. The molecule has 6 nitrogen and oxygen atoms in total. The Kier molecular flexibility index (Phi) is 6.76. The van der Waals surface area contributed by atoms with Crippen LogP contribution in [0.5, 0.6) is 0 Å². The molecule has 112 valence electrons. The summed E-state index contributed by atoms with van der Waals surface area (Å²) in [7, 11) is 1.85. The van der Waals surface area contributed by atoms with Crippen molar-refractivity contribution in [2.75, 3.05) is 30.8 Å². The smallest absolute Gasteiger partial charge is 0.305 e. The topological polar surface area (TPSA) is 76.1 Å². The van der Waals surface area contributed by atoms with Crippen LogP contribution in [-0.2, 0) is 9.53 Å². The van der Waals surface area contributed by atoms with Gasteiger partial charge in [-0.1, -0.05) is 13.8 Å². The van der Waals surface area contributed by atoms with Crippen molar-refractivity contribution in [3.05, 3.63) is 11.9 Å². The van der Waals surface area contributed by atoms with Gasteiger partial charge in [0.2, 0.25) is 0 Å². The average molecular weight is 280 g/mol. The highest BCUT2D eigenvalue weighted by atomic mass is 16.5. The minimum absolute atomic E-state index is 0.156. The van der Waals surface area contributed by atoms with E-state index in [9.17, 15) is 4.79 Å². The van der Waals surface area contributed by atoms with Gasteiger partial charge in [0.15, 0.2) is 0 Å². The summed E-state index contributed by atoms with van der Waals surface area (Å²) in [6, 6.07) is 0. The third-order valence-electron chi connectivity index (χ3n) is 2.85. The van der Waals surface area contributed by atoms with Gasteiger partial charge in [0, 0.05) is 25.6 Å². The summed E-state index contributed by atoms with van der Waals surface area (Å²) in [5, 5.41) is 6.35. The van der Waals surface area contributed by atoms with Crippen molar-refractivity contribution in [1.29, 1.82) is 0 Å². The molecule has 20 heavy (non-hydrogen) atoms. The maximum atomic E-state index is 11.2. The minimum atomic E-state index is -0.156. The molecule has 0 aliphatic rings. The van der Waals surface area contributed by atoms with E-state index in [0.29, 0.717) is 25.5 Å². The Morgan fingerprint density at radius 2 is 2.05 bits per heavy atom. The van der Waals surface area contributed by atoms with Crippen LogP contribution in [-0.4, -0.2) is 36.1 Å². The first-order chi connectivity index (χ1) is 9.60. The van der Waals surface area contributed by atoms with E-state index in [4.69, 9.17) is 4.74 Å². The maximum absolute atomic E-state index is 11.2. The molecule has 6 heteroatoms. The molecule has 1 aromatic rings. The second-order valence-electron chi connectivity index (χ2n) is 4.72. The van der Waals surface area contributed by atoms with Gasteiger partial charge in [0.25, 0.3) is 0 Å². The standard InChI is InChI=1S/C14H24N4O2/c1-5-20-11(19)7-6-8-16-14-12(10(2)3)13(15-4)17-9-18-14/h9-10H,5-8H2,1-4H3,(H2,15,16,17,18). The summed E-state index contributed by atoms with van der Waals surface area (Å²) >= 11 is 0. The first-order valence-corrected chi connectivity index (χ1v) is 7.02. The Bertz CT molecular complexity index is 435. The van der Waals surface area contributed by atoms with Crippen LogP contribution in [0.4, 0.5) is 11.6 Å². The van der Waals surface area contributed by atoms with E-state index in [1.807, 2.05) is 14.0 Å². The first-order valence-electron chi connectivity index (χ1n) is 7.02. The molecule has 2 N–H and O–H groups in total. The fraction of sp³-hybridized carbons (Fsp3) is 0.643. The van der Waals surface area contributed by atoms with Gasteiger partial charge < -0.3 is 15.4 Å². The predicted octanol–water partition coefficient (Wildman–Crippen LogP) is 2.40. The lowest BCUT2D eigenvalue weighted by Gasteiger charge is -2.16. The Morgan fingerprint density at radius 3 is 2.65 bits per heavy atom. The van der Waals surface area contributed by atoms with Gasteiger partial charge in [-0.15, -0.1) is 0 Å². The quantitative estimate of drug-likeness (QED) is 0.562.